The fraction of sp³-hybridized carbons (Fsp3) is 0.500. The number of aromatic nitrogens is 1. The molecule has 0 aliphatic rings. The molecule has 2 N–H and O–H groups in total. The minimum absolute atomic E-state index is 0.182. The van der Waals surface area contributed by atoms with Crippen molar-refractivity contribution in [3.8, 4) is 0 Å². The van der Waals surface area contributed by atoms with E-state index in [4.69, 9.17) is 5.11 Å². The molecular formula is C10H16N2O. The van der Waals surface area contributed by atoms with E-state index in [0.29, 0.717) is 0 Å². The topological polar surface area (TPSA) is 45.1 Å². The van der Waals surface area contributed by atoms with Gasteiger partial charge in [0.2, 0.25) is 0 Å². The van der Waals surface area contributed by atoms with Crippen molar-refractivity contribution in [1.82, 2.24) is 10.3 Å². The molecule has 0 radical (unpaired) electrons. The average Bonchev–Trinajstić information content (AvgIpc) is 2.19. The van der Waals surface area contributed by atoms with E-state index in [0.717, 1.165) is 13.0 Å². The standard InChI is InChI=1S/C10H16N2O/c1-9(8-13)12-7-4-10-2-5-11-6-3-10/h2-3,5-6,9,12-13H,4,7-8H2,1H3. The fourth-order valence-electron chi connectivity index (χ4n) is 1.08. The molecule has 3 heteroatoms. The minimum Gasteiger partial charge on any atom is -0.395 e. The third-order valence-electron chi connectivity index (χ3n) is 1.93. The number of hydrogen-bond donors (Lipinski definition) is 2. The average molecular weight is 180 g/mol. The smallest absolute Gasteiger partial charge is 0.0581 e. The molecule has 0 fully saturated rings. The Kier molecular flexibility index (Phi) is 4.43. The van der Waals surface area contributed by atoms with Crippen molar-refractivity contribution in [2.75, 3.05) is 13.2 Å². The van der Waals surface area contributed by atoms with Crippen LogP contribution in [0.3, 0.4) is 0 Å². The predicted molar refractivity (Wildman–Crippen MR) is 52.5 cm³/mol. The molecule has 0 spiro atoms. The van der Waals surface area contributed by atoms with Gasteiger partial charge in [-0.3, -0.25) is 4.98 Å². The third-order valence-corrected chi connectivity index (χ3v) is 1.93. The van der Waals surface area contributed by atoms with Crippen LogP contribution in [0.25, 0.3) is 0 Å². The molecule has 3 nitrogen and oxygen atoms in total. The Hall–Kier alpha value is -0.930. The monoisotopic (exact) mass is 180 g/mol. The van der Waals surface area contributed by atoms with Gasteiger partial charge in [0.25, 0.3) is 0 Å². The quantitative estimate of drug-likeness (QED) is 0.697. The lowest BCUT2D eigenvalue weighted by molar-refractivity contribution is 0.252. The fourth-order valence-corrected chi connectivity index (χ4v) is 1.08. The maximum absolute atomic E-state index is 8.76. The van der Waals surface area contributed by atoms with Crippen LogP contribution in [0, 0.1) is 0 Å². The first kappa shape index (κ1) is 10.2. The Labute approximate surface area is 78.8 Å². The Bertz CT molecular complexity index is 226. The van der Waals surface area contributed by atoms with Gasteiger partial charge in [0.1, 0.15) is 0 Å². The normalized spacial score (nSPS) is 12.8. The van der Waals surface area contributed by atoms with Gasteiger partial charge in [0.15, 0.2) is 0 Å². The number of aliphatic hydroxyl groups excluding tert-OH is 1. The first-order valence-corrected chi connectivity index (χ1v) is 4.56. The van der Waals surface area contributed by atoms with Crippen LogP contribution in [0.5, 0.6) is 0 Å². The SMILES string of the molecule is CC(CO)NCCc1ccncc1. The summed E-state index contributed by atoms with van der Waals surface area (Å²) in [6.45, 7) is 3.05. The van der Waals surface area contributed by atoms with Gasteiger partial charge in [-0.2, -0.15) is 0 Å². The summed E-state index contributed by atoms with van der Waals surface area (Å²) in [6, 6.07) is 4.19. The van der Waals surface area contributed by atoms with Crippen molar-refractivity contribution < 1.29 is 5.11 Å². The van der Waals surface area contributed by atoms with Gasteiger partial charge >= 0.3 is 0 Å². The van der Waals surface area contributed by atoms with Crippen LogP contribution in [0.1, 0.15) is 12.5 Å². The van der Waals surface area contributed by atoms with Gasteiger partial charge in [0.05, 0.1) is 6.61 Å². The van der Waals surface area contributed by atoms with Gasteiger partial charge in [-0.1, -0.05) is 0 Å². The summed E-state index contributed by atoms with van der Waals surface area (Å²) in [5.74, 6) is 0. The third kappa shape index (κ3) is 4.01. The molecule has 1 rings (SSSR count). The van der Waals surface area contributed by atoms with Gasteiger partial charge in [-0.05, 0) is 37.6 Å². The molecule has 1 heterocycles. The maximum Gasteiger partial charge on any atom is 0.0581 e. The molecule has 1 aromatic heterocycles. The molecule has 0 saturated heterocycles. The summed E-state index contributed by atoms with van der Waals surface area (Å²) >= 11 is 0. The van der Waals surface area contributed by atoms with E-state index in [2.05, 4.69) is 10.3 Å². The van der Waals surface area contributed by atoms with Gasteiger partial charge < -0.3 is 10.4 Å². The van der Waals surface area contributed by atoms with Crippen LogP contribution < -0.4 is 5.32 Å². The summed E-state index contributed by atoms with van der Waals surface area (Å²) in [6.07, 6.45) is 4.57. The van der Waals surface area contributed by atoms with Crippen molar-refractivity contribution in [2.24, 2.45) is 0 Å². The molecule has 1 unspecified atom stereocenters. The number of hydrogen-bond acceptors (Lipinski definition) is 3. The maximum atomic E-state index is 8.76. The molecule has 1 atom stereocenters. The summed E-state index contributed by atoms with van der Waals surface area (Å²) in [7, 11) is 0. The lowest BCUT2D eigenvalue weighted by Crippen LogP contribution is -2.30. The first-order chi connectivity index (χ1) is 6.33. The zero-order chi connectivity index (χ0) is 9.52. The second-order valence-electron chi connectivity index (χ2n) is 3.14. The summed E-state index contributed by atoms with van der Waals surface area (Å²) in [4.78, 5) is 3.94. The number of nitrogens with one attached hydrogen (secondary N) is 1. The summed E-state index contributed by atoms with van der Waals surface area (Å²) in [5, 5.41) is 12.0. The molecule has 0 amide bonds. The van der Waals surface area contributed by atoms with Gasteiger partial charge in [-0.15, -0.1) is 0 Å². The Morgan fingerprint density at radius 2 is 2.15 bits per heavy atom. The van der Waals surface area contributed by atoms with E-state index in [9.17, 15) is 0 Å². The number of pyridine rings is 1. The van der Waals surface area contributed by atoms with E-state index in [1.54, 1.807) is 12.4 Å². The Balaban J connectivity index is 2.20. The van der Waals surface area contributed by atoms with Crippen molar-refractivity contribution >= 4 is 0 Å². The van der Waals surface area contributed by atoms with E-state index in [1.807, 2.05) is 19.1 Å². The van der Waals surface area contributed by atoms with Gasteiger partial charge in [0, 0.05) is 18.4 Å². The zero-order valence-electron chi connectivity index (χ0n) is 7.90. The molecule has 0 aromatic carbocycles. The number of rotatable bonds is 5. The van der Waals surface area contributed by atoms with Gasteiger partial charge in [-0.25, -0.2) is 0 Å². The number of aliphatic hydroxyl groups is 1. The largest absolute Gasteiger partial charge is 0.395 e. The Morgan fingerprint density at radius 1 is 1.46 bits per heavy atom. The molecular weight excluding hydrogens is 164 g/mol. The highest BCUT2D eigenvalue weighted by atomic mass is 16.3. The molecule has 1 aromatic rings. The molecule has 0 saturated carbocycles. The van der Waals surface area contributed by atoms with Crippen molar-refractivity contribution in [2.45, 2.75) is 19.4 Å². The van der Waals surface area contributed by atoms with Crippen LogP contribution in [0.4, 0.5) is 0 Å². The summed E-state index contributed by atoms with van der Waals surface area (Å²) in [5.41, 5.74) is 1.27. The van der Waals surface area contributed by atoms with Crippen molar-refractivity contribution in [3.63, 3.8) is 0 Å². The van der Waals surface area contributed by atoms with Crippen LogP contribution in [0.2, 0.25) is 0 Å². The molecule has 0 aliphatic heterocycles. The van der Waals surface area contributed by atoms with Crippen LogP contribution >= 0.6 is 0 Å². The predicted octanol–water partition coefficient (Wildman–Crippen LogP) is 0.594. The second kappa shape index (κ2) is 5.67. The highest BCUT2D eigenvalue weighted by molar-refractivity contribution is 5.09. The first-order valence-electron chi connectivity index (χ1n) is 4.56. The van der Waals surface area contributed by atoms with Crippen molar-refractivity contribution in [3.05, 3.63) is 30.1 Å². The van der Waals surface area contributed by atoms with Crippen LogP contribution in [-0.2, 0) is 6.42 Å². The van der Waals surface area contributed by atoms with E-state index in [-0.39, 0.29) is 12.6 Å². The minimum atomic E-state index is 0.182. The van der Waals surface area contributed by atoms with Crippen LogP contribution in [-0.4, -0.2) is 29.3 Å². The molecule has 13 heavy (non-hydrogen) atoms. The molecule has 72 valence electrons. The lowest BCUT2D eigenvalue weighted by Gasteiger charge is -2.09. The molecule has 0 bridgehead atoms. The van der Waals surface area contributed by atoms with Crippen LogP contribution in [0.15, 0.2) is 24.5 Å². The Morgan fingerprint density at radius 3 is 2.77 bits per heavy atom. The van der Waals surface area contributed by atoms with Crippen molar-refractivity contribution in [1.29, 1.82) is 0 Å². The number of nitrogens with zero attached hydrogens (tertiary/aromatic N) is 1. The highest BCUT2D eigenvalue weighted by Gasteiger charge is 1.97. The van der Waals surface area contributed by atoms with E-state index in [1.165, 1.54) is 5.56 Å². The van der Waals surface area contributed by atoms with E-state index < -0.39 is 0 Å². The lowest BCUT2D eigenvalue weighted by atomic mass is 10.2. The highest BCUT2D eigenvalue weighted by Crippen LogP contribution is 1.96. The zero-order valence-corrected chi connectivity index (χ0v) is 7.90. The van der Waals surface area contributed by atoms with E-state index >= 15 is 0 Å². The second-order valence-corrected chi connectivity index (χ2v) is 3.14. The molecule has 0 aliphatic carbocycles. The summed E-state index contributed by atoms with van der Waals surface area (Å²) < 4.78 is 0.